The predicted octanol–water partition coefficient (Wildman–Crippen LogP) is 3.47. The maximum absolute atomic E-state index is 11.8. The number of furan rings is 1. The standard InChI is InChI=1S/C14H12BrNO4/c1-2-19-14(18)9-3-5-10(6-4-9)16-13(17)11-7-8-12(15)20-11/h3-8H,2H2,1H3,(H,16,17). The molecule has 0 fully saturated rings. The summed E-state index contributed by atoms with van der Waals surface area (Å²) in [7, 11) is 0. The number of esters is 1. The minimum atomic E-state index is -0.389. The second-order valence-corrected chi connectivity index (χ2v) is 4.64. The van der Waals surface area contributed by atoms with Gasteiger partial charge in [0, 0.05) is 5.69 Å². The van der Waals surface area contributed by atoms with Gasteiger partial charge in [0.25, 0.3) is 5.91 Å². The molecule has 0 radical (unpaired) electrons. The van der Waals surface area contributed by atoms with Crippen LogP contribution in [-0.4, -0.2) is 18.5 Å². The maximum Gasteiger partial charge on any atom is 0.338 e. The van der Waals surface area contributed by atoms with Crippen molar-refractivity contribution in [2.75, 3.05) is 11.9 Å². The Balaban J connectivity index is 2.04. The molecule has 2 aromatic rings. The van der Waals surface area contributed by atoms with E-state index in [0.29, 0.717) is 22.5 Å². The van der Waals surface area contributed by atoms with E-state index in [1.54, 1.807) is 43.3 Å². The topological polar surface area (TPSA) is 68.5 Å². The number of carbonyl (C=O) groups excluding carboxylic acids is 2. The van der Waals surface area contributed by atoms with Gasteiger partial charge in [-0.05, 0) is 59.3 Å². The van der Waals surface area contributed by atoms with Crippen molar-refractivity contribution in [2.45, 2.75) is 6.92 Å². The largest absolute Gasteiger partial charge is 0.462 e. The highest BCUT2D eigenvalue weighted by atomic mass is 79.9. The van der Waals surface area contributed by atoms with Gasteiger partial charge in [0.15, 0.2) is 10.4 Å². The van der Waals surface area contributed by atoms with Crippen LogP contribution in [0.2, 0.25) is 0 Å². The van der Waals surface area contributed by atoms with Crippen molar-refractivity contribution in [3.63, 3.8) is 0 Å². The van der Waals surface area contributed by atoms with Crippen LogP contribution in [0.1, 0.15) is 27.8 Å². The first-order valence-corrected chi connectivity index (χ1v) is 6.73. The van der Waals surface area contributed by atoms with Gasteiger partial charge < -0.3 is 14.5 Å². The Labute approximate surface area is 124 Å². The van der Waals surface area contributed by atoms with Gasteiger partial charge in [-0.3, -0.25) is 4.79 Å². The van der Waals surface area contributed by atoms with Gasteiger partial charge in [-0.15, -0.1) is 0 Å². The summed E-state index contributed by atoms with van der Waals surface area (Å²) < 4.78 is 10.5. The SMILES string of the molecule is CCOC(=O)c1ccc(NC(=O)c2ccc(Br)o2)cc1. The minimum Gasteiger partial charge on any atom is -0.462 e. The van der Waals surface area contributed by atoms with E-state index in [1.165, 1.54) is 0 Å². The fourth-order valence-electron chi connectivity index (χ4n) is 1.53. The average molecular weight is 338 g/mol. The van der Waals surface area contributed by atoms with E-state index in [4.69, 9.17) is 9.15 Å². The molecule has 1 aromatic heterocycles. The van der Waals surface area contributed by atoms with Crippen LogP contribution in [0.5, 0.6) is 0 Å². The quantitative estimate of drug-likeness (QED) is 0.867. The first-order chi connectivity index (χ1) is 9.60. The molecule has 104 valence electrons. The van der Waals surface area contributed by atoms with E-state index < -0.39 is 0 Å². The van der Waals surface area contributed by atoms with Gasteiger partial charge >= 0.3 is 5.97 Å². The lowest BCUT2D eigenvalue weighted by molar-refractivity contribution is 0.0526. The third kappa shape index (κ3) is 3.48. The molecule has 0 aliphatic heterocycles. The van der Waals surface area contributed by atoms with Crippen LogP contribution in [0.25, 0.3) is 0 Å². The Kier molecular flexibility index (Phi) is 4.57. The van der Waals surface area contributed by atoms with Crippen LogP contribution in [0.3, 0.4) is 0 Å². The second kappa shape index (κ2) is 6.38. The summed E-state index contributed by atoms with van der Waals surface area (Å²) in [6.07, 6.45) is 0. The Morgan fingerprint density at radius 3 is 2.45 bits per heavy atom. The van der Waals surface area contributed by atoms with Gasteiger partial charge in [0.2, 0.25) is 0 Å². The van der Waals surface area contributed by atoms with Gasteiger partial charge in [-0.2, -0.15) is 0 Å². The Hall–Kier alpha value is -2.08. The first kappa shape index (κ1) is 14.3. The highest BCUT2D eigenvalue weighted by molar-refractivity contribution is 9.10. The monoisotopic (exact) mass is 337 g/mol. The zero-order valence-electron chi connectivity index (χ0n) is 10.7. The van der Waals surface area contributed by atoms with Crippen molar-refractivity contribution in [1.29, 1.82) is 0 Å². The van der Waals surface area contributed by atoms with E-state index in [-0.39, 0.29) is 17.6 Å². The molecule has 0 saturated carbocycles. The van der Waals surface area contributed by atoms with Crippen molar-refractivity contribution < 1.29 is 18.7 Å². The van der Waals surface area contributed by atoms with E-state index in [9.17, 15) is 9.59 Å². The number of ether oxygens (including phenoxy) is 1. The predicted molar refractivity (Wildman–Crippen MR) is 76.8 cm³/mol. The van der Waals surface area contributed by atoms with Crippen LogP contribution in [-0.2, 0) is 4.74 Å². The zero-order valence-corrected chi connectivity index (χ0v) is 12.3. The summed E-state index contributed by atoms with van der Waals surface area (Å²) in [5, 5.41) is 2.66. The lowest BCUT2D eigenvalue weighted by Crippen LogP contribution is -2.11. The Bertz CT molecular complexity index is 618. The number of rotatable bonds is 4. The number of hydrogen-bond donors (Lipinski definition) is 1. The van der Waals surface area contributed by atoms with Gasteiger partial charge in [-0.25, -0.2) is 4.79 Å². The van der Waals surface area contributed by atoms with Crippen LogP contribution >= 0.6 is 15.9 Å². The van der Waals surface area contributed by atoms with Crippen molar-refractivity contribution in [3.05, 3.63) is 52.4 Å². The summed E-state index contributed by atoms with van der Waals surface area (Å²) in [6.45, 7) is 2.07. The Morgan fingerprint density at radius 1 is 1.20 bits per heavy atom. The fourth-order valence-corrected chi connectivity index (χ4v) is 1.84. The zero-order chi connectivity index (χ0) is 14.5. The summed E-state index contributed by atoms with van der Waals surface area (Å²) in [4.78, 5) is 23.3. The molecule has 1 amide bonds. The van der Waals surface area contributed by atoms with E-state index in [0.717, 1.165) is 0 Å². The maximum atomic E-state index is 11.8. The van der Waals surface area contributed by atoms with Crippen molar-refractivity contribution in [3.8, 4) is 0 Å². The fraction of sp³-hybridized carbons (Fsp3) is 0.143. The van der Waals surface area contributed by atoms with E-state index >= 15 is 0 Å². The molecule has 6 heteroatoms. The van der Waals surface area contributed by atoms with Crippen molar-refractivity contribution in [2.24, 2.45) is 0 Å². The smallest absolute Gasteiger partial charge is 0.338 e. The minimum absolute atomic E-state index is 0.200. The number of carbonyl (C=O) groups is 2. The summed E-state index contributed by atoms with van der Waals surface area (Å²) in [5.41, 5.74) is 1.00. The molecule has 0 spiro atoms. The van der Waals surface area contributed by atoms with Gasteiger partial charge in [0.05, 0.1) is 12.2 Å². The molecule has 2 rings (SSSR count). The molecule has 5 nitrogen and oxygen atoms in total. The number of nitrogens with one attached hydrogen (secondary N) is 1. The molecule has 0 atom stereocenters. The molecular formula is C14H12BrNO4. The third-order valence-electron chi connectivity index (χ3n) is 2.45. The van der Waals surface area contributed by atoms with Gasteiger partial charge in [0.1, 0.15) is 0 Å². The third-order valence-corrected chi connectivity index (χ3v) is 2.88. The number of halogens is 1. The number of amides is 1. The first-order valence-electron chi connectivity index (χ1n) is 5.94. The number of benzene rings is 1. The number of anilines is 1. The molecule has 1 heterocycles. The molecule has 0 unspecified atom stereocenters. The summed E-state index contributed by atoms with van der Waals surface area (Å²) in [5.74, 6) is -0.550. The highest BCUT2D eigenvalue weighted by Gasteiger charge is 2.11. The van der Waals surface area contributed by atoms with E-state index in [2.05, 4.69) is 21.2 Å². The van der Waals surface area contributed by atoms with E-state index in [1.807, 2.05) is 0 Å². The number of hydrogen-bond acceptors (Lipinski definition) is 4. The molecule has 0 aliphatic rings. The molecule has 1 N–H and O–H groups in total. The van der Waals surface area contributed by atoms with Crippen molar-refractivity contribution >= 4 is 33.5 Å². The van der Waals surface area contributed by atoms with Gasteiger partial charge in [-0.1, -0.05) is 0 Å². The molecule has 20 heavy (non-hydrogen) atoms. The average Bonchev–Trinajstić information content (AvgIpc) is 2.86. The molecular weight excluding hydrogens is 326 g/mol. The van der Waals surface area contributed by atoms with Crippen LogP contribution in [0.15, 0.2) is 45.5 Å². The molecule has 0 bridgehead atoms. The highest BCUT2D eigenvalue weighted by Crippen LogP contribution is 2.16. The molecule has 1 aromatic carbocycles. The van der Waals surface area contributed by atoms with Crippen LogP contribution in [0, 0.1) is 0 Å². The molecule has 0 saturated heterocycles. The summed E-state index contributed by atoms with van der Waals surface area (Å²) >= 11 is 3.13. The molecule has 0 aliphatic carbocycles. The normalized spacial score (nSPS) is 10.1. The van der Waals surface area contributed by atoms with Crippen LogP contribution in [0.4, 0.5) is 5.69 Å². The summed E-state index contributed by atoms with van der Waals surface area (Å²) in [6, 6.07) is 9.63. The Morgan fingerprint density at radius 2 is 1.90 bits per heavy atom. The van der Waals surface area contributed by atoms with Crippen molar-refractivity contribution in [1.82, 2.24) is 0 Å². The second-order valence-electron chi connectivity index (χ2n) is 3.86. The lowest BCUT2D eigenvalue weighted by atomic mass is 10.2. The van der Waals surface area contributed by atoms with Crippen LogP contribution < -0.4 is 5.32 Å². The lowest BCUT2D eigenvalue weighted by Gasteiger charge is -2.05.